The van der Waals surface area contributed by atoms with Crippen molar-refractivity contribution >= 4 is 35.1 Å². The molecule has 0 aliphatic carbocycles. The number of thiazole rings is 1. The molecule has 106 valence electrons. The van der Waals surface area contributed by atoms with Crippen molar-refractivity contribution in [3.8, 4) is 0 Å². The third-order valence-electron chi connectivity index (χ3n) is 2.33. The number of carbonyl (C=O) groups is 1. The average Bonchev–Trinajstić information content (AvgIpc) is 2.66. The van der Waals surface area contributed by atoms with Crippen molar-refractivity contribution in [1.82, 2.24) is 4.98 Å². The van der Waals surface area contributed by atoms with Crippen LogP contribution >= 0.6 is 23.1 Å². The SMILES string of the molecule is CC(C)SCc1nc(C(C)(C)C)c(/C=C/C(=O)O)s1. The number of carboxylic acids is 1. The lowest BCUT2D eigenvalue weighted by molar-refractivity contribution is -0.131. The molecule has 0 fully saturated rings. The first-order valence-electron chi connectivity index (χ1n) is 6.23. The molecule has 19 heavy (non-hydrogen) atoms. The van der Waals surface area contributed by atoms with Crippen molar-refractivity contribution in [2.45, 2.75) is 51.0 Å². The lowest BCUT2D eigenvalue weighted by Gasteiger charge is -2.16. The number of aromatic nitrogens is 1. The average molecular weight is 299 g/mol. The van der Waals surface area contributed by atoms with Crippen LogP contribution in [0.5, 0.6) is 0 Å². The Morgan fingerprint density at radius 2 is 2.11 bits per heavy atom. The topological polar surface area (TPSA) is 50.2 Å². The molecule has 0 bridgehead atoms. The first kappa shape index (κ1) is 16.2. The fourth-order valence-electron chi connectivity index (χ4n) is 1.47. The molecule has 0 unspecified atom stereocenters. The normalized spacial score (nSPS) is 12.5. The Morgan fingerprint density at radius 1 is 1.47 bits per heavy atom. The van der Waals surface area contributed by atoms with E-state index in [1.54, 1.807) is 17.4 Å². The molecular formula is C14H21NO2S2. The third kappa shape index (κ3) is 5.37. The minimum atomic E-state index is -0.925. The van der Waals surface area contributed by atoms with Crippen molar-refractivity contribution in [3.05, 3.63) is 21.7 Å². The molecule has 0 aliphatic heterocycles. The van der Waals surface area contributed by atoms with E-state index in [0.717, 1.165) is 21.3 Å². The highest BCUT2D eigenvalue weighted by Gasteiger charge is 2.22. The van der Waals surface area contributed by atoms with Gasteiger partial charge in [-0.1, -0.05) is 34.6 Å². The Kier molecular flexibility index (Phi) is 5.62. The lowest BCUT2D eigenvalue weighted by Crippen LogP contribution is -2.13. The summed E-state index contributed by atoms with van der Waals surface area (Å²) in [5, 5.41) is 10.4. The maximum absolute atomic E-state index is 10.6. The van der Waals surface area contributed by atoms with Crippen LogP contribution in [0.4, 0.5) is 0 Å². The Balaban J connectivity index is 3.02. The van der Waals surface area contributed by atoms with Crippen LogP contribution in [0.2, 0.25) is 0 Å². The first-order chi connectivity index (χ1) is 8.70. The fraction of sp³-hybridized carbons (Fsp3) is 0.571. The van der Waals surface area contributed by atoms with Gasteiger partial charge in [0.1, 0.15) is 5.01 Å². The van der Waals surface area contributed by atoms with E-state index in [-0.39, 0.29) is 5.41 Å². The van der Waals surface area contributed by atoms with E-state index in [0.29, 0.717) is 5.25 Å². The number of aliphatic carboxylic acids is 1. The number of hydrogen-bond donors (Lipinski definition) is 1. The number of hydrogen-bond acceptors (Lipinski definition) is 4. The van der Waals surface area contributed by atoms with E-state index in [4.69, 9.17) is 5.11 Å². The van der Waals surface area contributed by atoms with E-state index in [1.165, 1.54) is 6.08 Å². The molecule has 1 aromatic heterocycles. The third-order valence-corrected chi connectivity index (χ3v) is 4.64. The monoisotopic (exact) mass is 299 g/mol. The van der Waals surface area contributed by atoms with Gasteiger partial charge < -0.3 is 5.11 Å². The number of thioether (sulfide) groups is 1. The van der Waals surface area contributed by atoms with E-state index in [1.807, 2.05) is 11.8 Å². The van der Waals surface area contributed by atoms with E-state index in [9.17, 15) is 4.79 Å². The number of nitrogens with zero attached hydrogens (tertiary/aromatic N) is 1. The minimum Gasteiger partial charge on any atom is -0.478 e. The minimum absolute atomic E-state index is 0.0740. The molecule has 0 radical (unpaired) electrons. The van der Waals surface area contributed by atoms with Crippen LogP contribution in [0.15, 0.2) is 6.08 Å². The molecule has 3 nitrogen and oxygen atoms in total. The van der Waals surface area contributed by atoms with Gasteiger partial charge in [-0.2, -0.15) is 11.8 Å². The maximum Gasteiger partial charge on any atom is 0.328 e. The van der Waals surface area contributed by atoms with Crippen molar-refractivity contribution in [2.75, 3.05) is 0 Å². The van der Waals surface area contributed by atoms with Crippen molar-refractivity contribution in [1.29, 1.82) is 0 Å². The molecule has 1 N–H and O–H groups in total. The largest absolute Gasteiger partial charge is 0.478 e. The summed E-state index contributed by atoms with van der Waals surface area (Å²) in [6.07, 6.45) is 2.84. The second-order valence-corrected chi connectivity index (χ2v) is 8.28. The standard InChI is InChI=1S/C14H21NO2S2/c1-9(2)18-8-11-15-13(14(3,4)5)10(19-11)6-7-12(16)17/h6-7,9H,8H2,1-5H3,(H,16,17)/b7-6+. The van der Waals surface area contributed by atoms with Gasteiger partial charge in [-0.25, -0.2) is 9.78 Å². The lowest BCUT2D eigenvalue weighted by atomic mass is 9.91. The number of rotatable bonds is 5. The summed E-state index contributed by atoms with van der Waals surface area (Å²) >= 11 is 3.44. The van der Waals surface area contributed by atoms with Crippen molar-refractivity contribution in [2.24, 2.45) is 0 Å². The molecular weight excluding hydrogens is 278 g/mol. The van der Waals surface area contributed by atoms with E-state index >= 15 is 0 Å². The molecule has 0 amide bonds. The summed E-state index contributed by atoms with van der Waals surface area (Å²) in [4.78, 5) is 16.3. The summed E-state index contributed by atoms with van der Waals surface area (Å²) in [6, 6.07) is 0. The number of carboxylic acid groups (broad SMARTS) is 1. The molecule has 0 saturated carbocycles. The molecule has 1 aromatic rings. The van der Waals surface area contributed by atoms with Crippen LogP contribution in [-0.4, -0.2) is 21.3 Å². The smallest absolute Gasteiger partial charge is 0.328 e. The van der Waals surface area contributed by atoms with Gasteiger partial charge in [0.2, 0.25) is 0 Å². The maximum atomic E-state index is 10.6. The van der Waals surface area contributed by atoms with Crippen LogP contribution in [0.25, 0.3) is 6.08 Å². The fourth-order valence-corrected chi connectivity index (χ4v) is 3.43. The zero-order chi connectivity index (χ0) is 14.6. The summed E-state index contributed by atoms with van der Waals surface area (Å²) in [6.45, 7) is 10.6. The van der Waals surface area contributed by atoms with Gasteiger partial charge in [-0.05, 0) is 11.3 Å². The van der Waals surface area contributed by atoms with Crippen molar-refractivity contribution < 1.29 is 9.90 Å². The molecule has 0 atom stereocenters. The Hall–Kier alpha value is -0.810. The highest BCUT2D eigenvalue weighted by molar-refractivity contribution is 7.99. The van der Waals surface area contributed by atoms with Gasteiger partial charge in [0, 0.05) is 17.2 Å². The molecule has 0 spiro atoms. The second kappa shape index (κ2) is 6.57. The predicted octanol–water partition coefficient (Wildman–Crippen LogP) is 4.18. The van der Waals surface area contributed by atoms with Crippen LogP contribution < -0.4 is 0 Å². The Morgan fingerprint density at radius 3 is 2.58 bits per heavy atom. The summed E-state index contributed by atoms with van der Waals surface area (Å²) in [7, 11) is 0. The Labute approximate surface area is 123 Å². The van der Waals surface area contributed by atoms with E-state index in [2.05, 4.69) is 39.6 Å². The summed E-state index contributed by atoms with van der Waals surface area (Å²) < 4.78 is 0. The van der Waals surface area contributed by atoms with Crippen LogP contribution in [-0.2, 0) is 16.0 Å². The predicted molar refractivity (Wildman–Crippen MR) is 83.9 cm³/mol. The molecule has 1 rings (SSSR count). The molecule has 0 aliphatic rings. The molecule has 0 aromatic carbocycles. The van der Waals surface area contributed by atoms with Gasteiger partial charge in [-0.3, -0.25) is 0 Å². The molecule has 0 saturated heterocycles. The summed E-state index contributed by atoms with van der Waals surface area (Å²) in [5.41, 5.74) is 0.907. The zero-order valence-corrected chi connectivity index (χ0v) is 13.7. The van der Waals surface area contributed by atoms with Crippen molar-refractivity contribution in [3.63, 3.8) is 0 Å². The summed E-state index contributed by atoms with van der Waals surface area (Å²) in [5.74, 6) is -0.0434. The molecule has 1 heterocycles. The van der Waals surface area contributed by atoms with Gasteiger partial charge >= 0.3 is 5.97 Å². The second-order valence-electron chi connectivity index (χ2n) is 5.60. The van der Waals surface area contributed by atoms with Gasteiger partial charge in [0.05, 0.1) is 10.6 Å². The van der Waals surface area contributed by atoms with E-state index < -0.39 is 5.97 Å². The highest BCUT2D eigenvalue weighted by atomic mass is 32.2. The van der Waals surface area contributed by atoms with Gasteiger partial charge in [0.25, 0.3) is 0 Å². The zero-order valence-electron chi connectivity index (χ0n) is 12.1. The van der Waals surface area contributed by atoms with Gasteiger partial charge in [0.15, 0.2) is 0 Å². The first-order valence-corrected chi connectivity index (χ1v) is 8.09. The van der Waals surface area contributed by atoms with Crippen LogP contribution in [0.1, 0.15) is 50.2 Å². The molecule has 5 heteroatoms. The van der Waals surface area contributed by atoms with Gasteiger partial charge in [-0.15, -0.1) is 11.3 Å². The Bertz CT molecular complexity index is 470. The highest BCUT2D eigenvalue weighted by Crippen LogP contribution is 2.32. The van der Waals surface area contributed by atoms with Crippen LogP contribution in [0.3, 0.4) is 0 Å². The van der Waals surface area contributed by atoms with Crippen LogP contribution in [0, 0.1) is 0 Å². The quantitative estimate of drug-likeness (QED) is 0.829.